The fraction of sp³-hybridized carbons (Fsp3) is 0.538. The molecule has 0 radical (unpaired) electrons. The van der Waals surface area contributed by atoms with Crippen LogP contribution >= 0.6 is 0 Å². The van der Waals surface area contributed by atoms with Crippen molar-refractivity contribution in [2.24, 2.45) is 0 Å². The normalized spacial score (nSPS) is 11.9. The van der Waals surface area contributed by atoms with E-state index in [2.05, 4.69) is 13.8 Å². The molecule has 0 aliphatic heterocycles. The Morgan fingerprint density at radius 1 is 1.12 bits per heavy atom. The van der Waals surface area contributed by atoms with Crippen molar-refractivity contribution >= 4 is 0 Å². The van der Waals surface area contributed by atoms with Crippen molar-refractivity contribution in [3.8, 4) is 5.75 Å². The number of hydrogen-bond acceptors (Lipinski definition) is 1. The maximum Gasteiger partial charge on any atom is 0.389 e. The van der Waals surface area contributed by atoms with Crippen molar-refractivity contribution in [1.29, 1.82) is 0 Å². The molecule has 0 spiro atoms. The molecule has 0 N–H and O–H groups in total. The van der Waals surface area contributed by atoms with Crippen LogP contribution in [0, 0.1) is 0 Å². The van der Waals surface area contributed by atoms with E-state index in [4.69, 9.17) is 4.74 Å². The van der Waals surface area contributed by atoms with Gasteiger partial charge in [-0.05, 0) is 30.0 Å². The lowest BCUT2D eigenvalue weighted by Crippen LogP contribution is -2.09. The highest BCUT2D eigenvalue weighted by Crippen LogP contribution is 2.22. The van der Waals surface area contributed by atoms with Crippen molar-refractivity contribution in [3.05, 3.63) is 29.8 Å². The second kappa shape index (κ2) is 5.94. The summed E-state index contributed by atoms with van der Waals surface area (Å²) in [6.07, 6.45) is -4.89. The highest BCUT2D eigenvalue weighted by Gasteiger charge is 2.26. The molecule has 1 aromatic rings. The monoisotopic (exact) mass is 246 g/mol. The summed E-state index contributed by atoms with van der Waals surface area (Å²) in [7, 11) is 0. The first-order chi connectivity index (χ1) is 7.88. The highest BCUT2D eigenvalue weighted by molar-refractivity contribution is 5.28. The first-order valence-electron chi connectivity index (χ1n) is 5.68. The predicted octanol–water partition coefficient (Wildman–Crippen LogP) is 4.53. The Morgan fingerprint density at radius 2 is 1.71 bits per heavy atom. The summed E-state index contributed by atoms with van der Waals surface area (Å²) in [5.41, 5.74) is 1.19. The lowest BCUT2D eigenvalue weighted by Gasteiger charge is -2.09. The predicted molar refractivity (Wildman–Crippen MR) is 61.3 cm³/mol. The Labute approximate surface area is 99.6 Å². The van der Waals surface area contributed by atoms with E-state index in [0.29, 0.717) is 11.7 Å². The zero-order chi connectivity index (χ0) is 12.9. The third-order valence-electron chi connectivity index (χ3n) is 2.42. The standard InChI is InChI=1S/C13H17F3O/c1-10(2)11-4-6-12(7-5-11)17-9-3-8-13(14,15)16/h4-7,10H,3,8-9H2,1-2H3. The number of hydrogen-bond donors (Lipinski definition) is 0. The number of alkyl halides is 3. The van der Waals surface area contributed by atoms with E-state index in [-0.39, 0.29) is 13.0 Å². The van der Waals surface area contributed by atoms with Crippen LogP contribution in [0.2, 0.25) is 0 Å². The molecular weight excluding hydrogens is 229 g/mol. The van der Waals surface area contributed by atoms with Gasteiger partial charge in [0.2, 0.25) is 0 Å². The van der Waals surface area contributed by atoms with Gasteiger partial charge >= 0.3 is 6.18 Å². The molecule has 0 unspecified atom stereocenters. The van der Waals surface area contributed by atoms with Gasteiger partial charge in [0.1, 0.15) is 5.75 Å². The molecule has 1 nitrogen and oxygen atoms in total. The van der Waals surface area contributed by atoms with Gasteiger partial charge in [-0.25, -0.2) is 0 Å². The maximum atomic E-state index is 11.9. The first-order valence-corrected chi connectivity index (χ1v) is 5.68. The summed E-state index contributed by atoms with van der Waals surface area (Å²) >= 11 is 0. The zero-order valence-electron chi connectivity index (χ0n) is 10.1. The topological polar surface area (TPSA) is 9.23 Å². The van der Waals surface area contributed by atoms with Crippen LogP contribution in [0.3, 0.4) is 0 Å². The van der Waals surface area contributed by atoms with Gasteiger partial charge in [0.25, 0.3) is 0 Å². The third-order valence-corrected chi connectivity index (χ3v) is 2.42. The van der Waals surface area contributed by atoms with Crippen molar-refractivity contribution < 1.29 is 17.9 Å². The molecule has 0 fully saturated rings. The van der Waals surface area contributed by atoms with E-state index in [0.717, 1.165) is 0 Å². The quantitative estimate of drug-likeness (QED) is 0.693. The minimum absolute atomic E-state index is 0.00453. The number of rotatable bonds is 5. The molecule has 4 heteroatoms. The molecule has 1 aromatic carbocycles. The van der Waals surface area contributed by atoms with Gasteiger partial charge < -0.3 is 4.74 Å². The van der Waals surface area contributed by atoms with E-state index in [1.165, 1.54) is 5.56 Å². The van der Waals surface area contributed by atoms with Crippen molar-refractivity contribution in [2.45, 2.75) is 38.8 Å². The lowest BCUT2D eigenvalue weighted by molar-refractivity contribution is -0.136. The third kappa shape index (κ3) is 5.61. The molecule has 0 aliphatic rings. The molecule has 0 atom stereocenters. The van der Waals surface area contributed by atoms with E-state index >= 15 is 0 Å². The molecule has 0 aromatic heterocycles. The van der Waals surface area contributed by atoms with Gasteiger partial charge in [-0.15, -0.1) is 0 Å². The average Bonchev–Trinajstić information content (AvgIpc) is 2.24. The van der Waals surface area contributed by atoms with Crippen LogP contribution in [0.15, 0.2) is 24.3 Å². The van der Waals surface area contributed by atoms with E-state index in [9.17, 15) is 13.2 Å². The number of benzene rings is 1. The van der Waals surface area contributed by atoms with Crippen LogP contribution < -0.4 is 4.74 Å². The van der Waals surface area contributed by atoms with E-state index in [1.807, 2.05) is 12.1 Å². The molecule has 17 heavy (non-hydrogen) atoms. The van der Waals surface area contributed by atoms with Crippen LogP contribution in [0.5, 0.6) is 5.75 Å². The summed E-state index contributed by atoms with van der Waals surface area (Å²) in [4.78, 5) is 0. The fourth-order valence-electron chi connectivity index (χ4n) is 1.41. The summed E-state index contributed by atoms with van der Waals surface area (Å²) in [5.74, 6) is 1.06. The minimum atomic E-state index is -4.09. The Balaban J connectivity index is 2.33. The summed E-state index contributed by atoms with van der Waals surface area (Å²) in [6, 6.07) is 7.46. The maximum absolute atomic E-state index is 11.9. The molecule has 0 amide bonds. The molecule has 0 heterocycles. The molecule has 0 bridgehead atoms. The van der Waals surface area contributed by atoms with Crippen LogP contribution in [0.25, 0.3) is 0 Å². The molecule has 1 rings (SSSR count). The second-order valence-corrected chi connectivity index (χ2v) is 4.29. The van der Waals surface area contributed by atoms with Crippen LogP contribution in [0.1, 0.15) is 38.2 Å². The molecule has 0 aliphatic carbocycles. The zero-order valence-corrected chi connectivity index (χ0v) is 10.1. The largest absolute Gasteiger partial charge is 0.494 e. The van der Waals surface area contributed by atoms with Crippen LogP contribution in [-0.4, -0.2) is 12.8 Å². The first kappa shape index (κ1) is 13.9. The minimum Gasteiger partial charge on any atom is -0.494 e. The Morgan fingerprint density at radius 3 is 2.18 bits per heavy atom. The smallest absolute Gasteiger partial charge is 0.389 e. The van der Waals surface area contributed by atoms with E-state index in [1.54, 1.807) is 12.1 Å². The van der Waals surface area contributed by atoms with Crippen LogP contribution in [-0.2, 0) is 0 Å². The molecule has 0 saturated carbocycles. The van der Waals surface area contributed by atoms with Crippen molar-refractivity contribution in [1.82, 2.24) is 0 Å². The van der Waals surface area contributed by atoms with E-state index < -0.39 is 12.6 Å². The lowest BCUT2D eigenvalue weighted by atomic mass is 10.0. The Kier molecular flexibility index (Phi) is 4.85. The fourth-order valence-corrected chi connectivity index (χ4v) is 1.41. The SMILES string of the molecule is CC(C)c1ccc(OCCCC(F)(F)F)cc1. The van der Waals surface area contributed by atoms with Gasteiger partial charge in [0, 0.05) is 6.42 Å². The Hall–Kier alpha value is -1.19. The van der Waals surface area contributed by atoms with Crippen molar-refractivity contribution in [3.63, 3.8) is 0 Å². The number of halogens is 3. The average molecular weight is 246 g/mol. The summed E-state index contributed by atoms with van der Waals surface area (Å²) in [6.45, 7) is 4.26. The summed E-state index contributed by atoms with van der Waals surface area (Å²) in [5, 5.41) is 0. The number of ether oxygens (including phenoxy) is 1. The van der Waals surface area contributed by atoms with Gasteiger partial charge in [-0.1, -0.05) is 26.0 Å². The molecule has 0 saturated heterocycles. The Bertz CT molecular complexity index is 328. The van der Waals surface area contributed by atoms with Crippen molar-refractivity contribution in [2.75, 3.05) is 6.61 Å². The van der Waals surface area contributed by atoms with Gasteiger partial charge in [-0.2, -0.15) is 13.2 Å². The van der Waals surface area contributed by atoms with Gasteiger partial charge in [0.05, 0.1) is 6.61 Å². The summed E-state index contributed by atoms with van der Waals surface area (Å²) < 4.78 is 40.8. The van der Waals surface area contributed by atoms with Gasteiger partial charge in [0.15, 0.2) is 0 Å². The molecule has 96 valence electrons. The molecular formula is C13H17F3O. The van der Waals surface area contributed by atoms with Gasteiger partial charge in [-0.3, -0.25) is 0 Å². The highest BCUT2D eigenvalue weighted by atomic mass is 19.4. The van der Waals surface area contributed by atoms with Crippen LogP contribution in [0.4, 0.5) is 13.2 Å². The second-order valence-electron chi connectivity index (χ2n) is 4.29.